The van der Waals surface area contributed by atoms with Crippen LogP contribution >= 0.6 is 0 Å². The second kappa shape index (κ2) is 7.42. The quantitative estimate of drug-likeness (QED) is 0.756. The molecule has 4 rings (SSSR count). The van der Waals surface area contributed by atoms with Crippen molar-refractivity contribution in [3.8, 4) is 11.3 Å². The molecule has 3 aromatic rings. The minimum Gasteiger partial charge on any atom is -0.375 e. The zero-order valence-electron chi connectivity index (χ0n) is 15.4. The lowest BCUT2D eigenvalue weighted by Crippen LogP contribution is -2.41. The van der Waals surface area contributed by atoms with Gasteiger partial charge in [-0.25, -0.2) is 4.98 Å². The molecule has 8 heteroatoms. The van der Waals surface area contributed by atoms with E-state index in [1.54, 1.807) is 10.9 Å². The van der Waals surface area contributed by atoms with Crippen LogP contribution in [0, 0.1) is 0 Å². The van der Waals surface area contributed by atoms with Gasteiger partial charge in [0.1, 0.15) is 11.5 Å². The Morgan fingerprint density at radius 3 is 2.96 bits per heavy atom. The van der Waals surface area contributed by atoms with E-state index in [0.717, 1.165) is 35.1 Å². The molecule has 1 aliphatic heterocycles. The lowest BCUT2D eigenvalue weighted by Gasteiger charge is -2.29. The summed E-state index contributed by atoms with van der Waals surface area (Å²) in [5, 5.41) is 13.0. The van der Waals surface area contributed by atoms with E-state index in [4.69, 9.17) is 4.74 Å². The number of nitrogens with zero attached hydrogens (tertiary/aromatic N) is 5. The third kappa shape index (κ3) is 4.12. The number of amides is 1. The van der Waals surface area contributed by atoms with E-state index in [9.17, 15) is 4.79 Å². The van der Waals surface area contributed by atoms with Crippen LogP contribution in [0.1, 0.15) is 6.42 Å². The Morgan fingerprint density at radius 2 is 2.19 bits per heavy atom. The number of hydrogen-bond acceptors (Lipinski definition) is 6. The molecule has 1 atom stereocenters. The molecule has 0 saturated carbocycles. The average molecular weight is 366 g/mol. The summed E-state index contributed by atoms with van der Waals surface area (Å²) in [6.07, 6.45) is 3.87. The summed E-state index contributed by atoms with van der Waals surface area (Å²) in [6, 6.07) is 7.88. The minimum absolute atomic E-state index is 0.0764. The molecule has 0 spiro atoms. The first-order chi connectivity index (χ1) is 13.1. The summed E-state index contributed by atoms with van der Waals surface area (Å²) < 4.78 is 7.33. The standard InChI is InChI=1S/C19H22N6O2/c1-24-5-6-27-16(11-24)9-19(26)21-18-8-15-7-13(3-4-14(15)10-20-18)17-12-25(2)23-22-17/h3-4,7-8,10,12,16H,5-6,9,11H2,1-2H3,(H,20,21,26). The fourth-order valence-electron chi connectivity index (χ4n) is 3.24. The number of aryl methyl sites for hydroxylation is 1. The van der Waals surface area contributed by atoms with Crippen LogP contribution in [0.5, 0.6) is 0 Å². The maximum Gasteiger partial charge on any atom is 0.228 e. The number of aromatic nitrogens is 4. The number of carbonyl (C=O) groups is 1. The number of carbonyl (C=O) groups excluding carboxylic acids is 1. The lowest BCUT2D eigenvalue weighted by atomic mass is 10.1. The Bertz CT molecular complexity index is 970. The van der Waals surface area contributed by atoms with Gasteiger partial charge < -0.3 is 15.0 Å². The van der Waals surface area contributed by atoms with Gasteiger partial charge in [-0.2, -0.15) is 0 Å². The van der Waals surface area contributed by atoms with Crippen LogP contribution in [0.4, 0.5) is 5.82 Å². The summed E-state index contributed by atoms with van der Waals surface area (Å²) in [5.41, 5.74) is 1.78. The van der Waals surface area contributed by atoms with Crippen LogP contribution in [-0.4, -0.2) is 63.6 Å². The van der Waals surface area contributed by atoms with Crippen LogP contribution in [0.25, 0.3) is 22.0 Å². The molecular formula is C19H22N6O2. The van der Waals surface area contributed by atoms with Gasteiger partial charge in [0, 0.05) is 37.3 Å². The van der Waals surface area contributed by atoms with Gasteiger partial charge >= 0.3 is 0 Å². The molecule has 1 fully saturated rings. The van der Waals surface area contributed by atoms with Crippen LogP contribution < -0.4 is 5.32 Å². The van der Waals surface area contributed by atoms with Gasteiger partial charge in [-0.1, -0.05) is 17.3 Å². The molecule has 0 aliphatic carbocycles. The number of nitrogens with one attached hydrogen (secondary N) is 1. The van der Waals surface area contributed by atoms with E-state index in [1.165, 1.54) is 0 Å². The first-order valence-electron chi connectivity index (χ1n) is 8.93. The van der Waals surface area contributed by atoms with Crippen molar-refractivity contribution >= 4 is 22.5 Å². The predicted molar refractivity (Wildman–Crippen MR) is 102 cm³/mol. The SMILES string of the molecule is CN1CCOC(CC(=O)Nc2cc3cc(-c4cn(C)nn4)ccc3cn2)C1. The number of likely N-dealkylation sites (N-methyl/N-ethyl adjacent to an activating group) is 1. The number of rotatable bonds is 4. The highest BCUT2D eigenvalue weighted by molar-refractivity contribution is 5.94. The summed E-state index contributed by atoms with van der Waals surface area (Å²) in [7, 11) is 3.87. The number of anilines is 1. The molecule has 140 valence electrons. The smallest absolute Gasteiger partial charge is 0.228 e. The van der Waals surface area contributed by atoms with Gasteiger partial charge in [-0.05, 0) is 24.6 Å². The van der Waals surface area contributed by atoms with E-state index in [2.05, 4.69) is 25.5 Å². The third-order valence-corrected chi connectivity index (χ3v) is 4.64. The maximum absolute atomic E-state index is 12.3. The summed E-state index contributed by atoms with van der Waals surface area (Å²) in [5.74, 6) is 0.445. The Kier molecular flexibility index (Phi) is 4.83. The van der Waals surface area contributed by atoms with E-state index in [0.29, 0.717) is 18.8 Å². The largest absolute Gasteiger partial charge is 0.375 e. The Balaban J connectivity index is 1.49. The fourth-order valence-corrected chi connectivity index (χ4v) is 3.24. The Hall–Kier alpha value is -2.84. The Labute approximate surface area is 157 Å². The van der Waals surface area contributed by atoms with Crippen molar-refractivity contribution in [2.45, 2.75) is 12.5 Å². The van der Waals surface area contributed by atoms with Crippen LogP contribution in [-0.2, 0) is 16.6 Å². The van der Waals surface area contributed by atoms with E-state index >= 15 is 0 Å². The monoisotopic (exact) mass is 366 g/mol. The molecule has 8 nitrogen and oxygen atoms in total. The molecule has 1 unspecified atom stereocenters. The van der Waals surface area contributed by atoms with Gasteiger partial charge in [0.15, 0.2) is 0 Å². The highest BCUT2D eigenvalue weighted by Gasteiger charge is 2.20. The topological polar surface area (TPSA) is 85.2 Å². The van der Waals surface area contributed by atoms with Crippen molar-refractivity contribution in [1.29, 1.82) is 0 Å². The third-order valence-electron chi connectivity index (χ3n) is 4.64. The molecule has 0 bridgehead atoms. The molecule has 1 saturated heterocycles. The van der Waals surface area contributed by atoms with Gasteiger partial charge in [0.25, 0.3) is 0 Å². The van der Waals surface area contributed by atoms with Gasteiger partial charge in [0.2, 0.25) is 5.91 Å². The number of pyridine rings is 1. The van der Waals surface area contributed by atoms with Crippen LogP contribution in [0.2, 0.25) is 0 Å². The molecule has 2 aromatic heterocycles. The van der Waals surface area contributed by atoms with E-state index in [1.807, 2.05) is 44.6 Å². The predicted octanol–water partition coefficient (Wildman–Crippen LogP) is 1.69. The van der Waals surface area contributed by atoms with Crippen molar-refractivity contribution in [2.24, 2.45) is 7.05 Å². The number of morpholine rings is 1. The molecule has 1 amide bonds. The fraction of sp³-hybridized carbons (Fsp3) is 0.368. The first kappa shape index (κ1) is 17.6. The maximum atomic E-state index is 12.3. The van der Waals surface area contributed by atoms with Crippen LogP contribution in [0.3, 0.4) is 0 Å². The van der Waals surface area contributed by atoms with Crippen molar-refractivity contribution in [1.82, 2.24) is 24.9 Å². The lowest BCUT2D eigenvalue weighted by molar-refractivity contribution is -0.120. The number of fused-ring (bicyclic) bond motifs is 1. The second-order valence-corrected chi connectivity index (χ2v) is 6.92. The summed E-state index contributed by atoms with van der Waals surface area (Å²) >= 11 is 0. The molecule has 1 N–H and O–H groups in total. The van der Waals surface area contributed by atoms with E-state index < -0.39 is 0 Å². The normalized spacial score (nSPS) is 17.9. The number of ether oxygens (including phenoxy) is 1. The molecule has 27 heavy (non-hydrogen) atoms. The molecule has 3 heterocycles. The Morgan fingerprint density at radius 1 is 1.30 bits per heavy atom. The highest BCUT2D eigenvalue weighted by atomic mass is 16.5. The second-order valence-electron chi connectivity index (χ2n) is 6.92. The van der Waals surface area contributed by atoms with Crippen LogP contribution in [0.15, 0.2) is 36.7 Å². The van der Waals surface area contributed by atoms with Crippen molar-refractivity contribution in [2.75, 3.05) is 32.1 Å². The van der Waals surface area contributed by atoms with Crippen molar-refractivity contribution < 1.29 is 9.53 Å². The summed E-state index contributed by atoms with van der Waals surface area (Å²) in [6.45, 7) is 2.33. The zero-order chi connectivity index (χ0) is 18.8. The number of hydrogen-bond donors (Lipinski definition) is 1. The van der Waals surface area contributed by atoms with Crippen molar-refractivity contribution in [3.63, 3.8) is 0 Å². The van der Waals surface area contributed by atoms with E-state index in [-0.39, 0.29) is 12.0 Å². The zero-order valence-corrected chi connectivity index (χ0v) is 15.4. The molecule has 1 aromatic carbocycles. The minimum atomic E-state index is -0.0905. The van der Waals surface area contributed by atoms with Gasteiger partial charge in [-0.15, -0.1) is 5.10 Å². The molecule has 0 radical (unpaired) electrons. The van der Waals surface area contributed by atoms with Gasteiger partial charge in [0.05, 0.1) is 25.3 Å². The first-order valence-corrected chi connectivity index (χ1v) is 8.93. The van der Waals surface area contributed by atoms with Gasteiger partial charge in [-0.3, -0.25) is 9.48 Å². The molecular weight excluding hydrogens is 344 g/mol. The van der Waals surface area contributed by atoms with Crippen molar-refractivity contribution in [3.05, 3.63) is 36.7 Å². The molecule has 1 aliphatic rings. The average Bonchev–Trinajstić information content (AvgIpc) is 3.07. The highest BCUT2D eigenvalue weighted by Crippen LogP contribution is 2.24. The number of benzene rings is 1. The summed E-state index contributed by atoms with van der Waals surface area (Å²) in [4.78, 5) is 18.9.